The predicted molar refractivity (Wildman–Crippen MR) is 55.2 cm³/mol. The van der Waals surface area contributed by atoms with Gasteiger partial charge in [0.05, 0.1) is 18.8 Å². The molecular weight excluding hydrogens is 250 g/mol. The molecule has 0 saturated carbocycles. The van der Waals surface area contributed by atoms with Crippen molar-refractivity contribution < 1.29 is 40.2 Å². The number of aliphatic hydroxyl groups excluding tert-OH is 4. The van der Waals surface area contributed by atoms with Crippen LogP contribution < -0.4 is 5.73 Å². The zero-order valence-electron chi connectivity index (χ0n) is 9.38. The van der Waals surface area contributed by atoms with Crippen molar-refractivity contribution in [3.05, 3.63) is 0 Å². The highest BCUT2D eigenvalue weighted by Crippen LogP contribution is 2.29. The van der Waals surface area contributed by atoms with Crippen molar-refractivity contribution in [2.45, 2.75) is 42.7 Å². The van der Waals surface area contributed by atoms with E-state index in [-0.39, 0.29) is 0 Å². The molecule has 1 heterocycles. The molecule has 0 aliphatic carbocycles. The van der Waals surface area contributed by atoms with Crippen LogP contribution in [0.25, 0.3) is 0 Å². The smallest absolute Gasteiger partial charge is 0.364 e. The maximum atomic E-state index is 10.8. The molecule has 1 rings (SSSR count). The molecule has 0 bridgehead atoms. The fraction of sp³-hybridized carbons (Fsp3) is 0.889. The first-order valence-electron chi connectivity index (χ1n) is 5.27. The maximum absolute atomic E-state index is 10.8. The first-order chi connectivity index (χ1) is 8.23. The van der Waals surface area contributed by atoms with Gasteiger partial charge in [0.25, 0.3) is 5.79 Å². The Labute approximate surface area is 102 Å². The molecule has 6 atom stereocenters. The van der Waals surface area contributed by atoms with Gasteiger partial charge in [-0.15, -0.1) is 0 Å². The van der Waals surface area contributed by atoms with E-state index in [0.29, 0.717) is 0 Å². The Hall–Kier alpha value is -0.810. The van der Waals surface area contributed by atoms with Crippen LogP contribution in [0, 0.1) is 0 Å². The average molecular weight is 267 g/mol. The van der Waals surface area contributed by atoms with Gasteiger partial charge >= 0.3 is 5.97 Å². The van der Waals surface area contributed by atoms with E-state index in [4.69, 9.17) is 20.7 Å². The van der Waals surface area contributed by atoms with Gasteiger partial charge in [0.1, 0.15) is 18.3 Å². The number of carboxylic acids is 1. The third-order valence-corrected chi connectivity index (χ3v) is 2.89. The number of carbonyl (C=O) groups is 1. The maximum Gasteiger partial charge on any atom is 0.364 e. The molecule has 0 aromatic rings. The molecule has 0 amide bonds. The molecule has 1 aliphatic heterocycles. The summed E-state index contributed by atoms with van der Waals surface area (Å²) < 4.78 is 4.75. The SMILES string of the molecule is N[C@H]1C([C@H](O)C(O)CO)O[C@@](O)(C(=O)O)C[C@H]1O. The van der Waals surface area contributed by atoms with Gasteiger partial charge in [0.15, 0.2) is 0 Å². The summed E-state index contributed by atoms with van der Waals surface area (Å²) in [5.41, 5.74) is 5.51. The summed E-state index contributed by atoms with van der Waals surface area (Å²) in [6.07, 6.45) is -7.01. The van der Waals surface area contributed by atoms with E-state index in [9.17, 15) is 25.2 Å². The number of hydrogen-bond acceptors (Lipinski definition) is 8. The van der Waals surface area contributed by atoms with Gasteiger partial charge in [-0.2, -0.15) is 0 Å². The Bertz CT molecular complexity index is 313. The van der Waals surface area contributed by atoms with Crippen LogP contribution >= 0.6 is 0 Å². The monoisotopic (exact) mass is 267 g/mol. The Kier molecular flexibility index (Phi) is 4.61. The average Bonchev–Trinajstić information content (AvgIpc) is 2.31. The van der Waals surface area contributed by atoms with Gasteiger partial charge in [0, 0.05) is 6.42 Å². The molecule has 2 unspecified atom stereocenters. The van der Waals surface area contributed by atoms with Crippen molar-refractivity contribution in [1.82, 2.24) is 0 Å². The van der Waals surface area contributed by atoms with Crippen molar-refractivity contribution in [3.63, 3.8) is 0 Å². The highest BCUT2D eigenvalue weighted by atomic mass is 16.7. The molecule has 0 spiro atoms. The van der Waals surface area contributed by atoms with Gasteiger partial charge in [-0.1, -0.05) is 0 Å². The van der Waals surface area contributed by atoms with E-state index in [1.165, 1.54) is 0 Å². The Morgan fingerprint density at radius 3 is 2.50 bits per heavy atom. The molecule has 9 nitrogen and oxygen atoms in total. The third-order valence-electron chi connectivity index (χ3n) is 2.89. The molecule has 0 aromatic heterocycles. The number of nitrogens with two attached hydrogens (primary N) is 1. The van der Waals surface area contributed by atoms with Crippen LogP contribution in [-0.4, -0.2) is 79.5 Å². The standard InChI is InChI=1S/C9H17NO8/c10-5-3(12)1-9(17,8(15)16)18-7(5)6(14)4(13)2-11/h3-7,11-14,17H,1-2,10H2,(H,15,16)/t3-,4?,5-,6-,7?,9-/m1/s1. The molecule has 0 radical (unpaired) electrons. The van der Waals surface area contributed by atoms with Crippen LogP contribution in [0.4, 0.5) is 0 Å². The molecule has 1 fully saturated rings. The minimum atomic E-state index is -2.70. The predicted octanol–water partition coefficient (Wildman–Crippen LogP) is -4.05. The van der Waals surface area contributed by atoms with E-state index < -0.39 is 55.2 Å². The zero-order valence-corrected chi connectivity index (χ0v) is 9.38. The quantitative estimate of drug-likeness (QED) is 0.267. The van der Waals surface area contributed by atoms with E-state index in [0.717, 1.165) is 0 Å². The third kappa shape index (κ3) is 2.78. The molecule has 18 heavy (non-hydrogen) atoms. The largest absolute Gasteiger partial charge is 0.477 e. The summed E-state index contributed by atoms with van der Waals surface area (Å²) in [7, 11) is 0. The Balaban J connectivity index is 2.92. The van der Waals surface area contributed by atoms with Gasteiger partial charge in [-0.25, -0.2) is 4.79 Å². The molecular formula is C9H17NO8. The lowest BCUT2D eigenvalue weighted by Crippen LogP contribution is -2.65. The molecule has 8 N–H and O–H groups in total. The molecule has 0 aromatic carbocycles. The first-order valence-corrected chi connectivity index (χ1v) is 5.27. The van der Waals surface area contributed by atoms with Gasteiger partial charge in [-0.3, -0.25) is 0 Å². The molecule has 1 saturated heterocycles. The van der Waals surface area contributed by atoms with Crippen molar-refractivity contribution in [1.29, 1.82) is 0 Å². The van der Waals surface area contributed by atoms with Gasteiger partial charge < -0.3 is 41.1 Å². The van der Waals surface area contributed by atoms with Crippen LogP contribution in [0.2, 0.25) is 0 Å². The second-order valence-electron chi connectivity index (χ2n) is 4.26. The number of rotatable bonds is 4. The Morgan fingerprint density at radius 1 is 1.50 bits per heavy atom. The van der Waals surface area contributed by atoms with Gasteiger partial charge in [-0.05, 0) is 0 Å². The Morgan fingerprint density at radius 2 is 2.06 bits per heavy atom. The highest BCUT2D eigenvalue weighted by Gasteiger charge is 2.52. The highest BCUT2D eigenvalue weighted by molar-refractivity contribution is 5.75. The van der Waals surface area contributed by atoms with E-state index in [1.54, 1.807) is 0 Å². The minimum absolute atomic E-state index is 0.665. The number of hydrogen-bond donors (Lipinski definition) is 7. The molecule has 106 valence electrons. The van der Waals surface area contributed by atoms with Crippen molar-refractivity contribution >= 4 is 5.97 Å². The van der Waals surface area contributed by atoms with E-state index in [1.807, 2.05) is 0 Å². The fourth-order valence-corrected chi connectivity index (χ4v) is 1.75. The summed E-state index contributed by atoms with van der Waals surface area (Å²) in [5, 5.41) is 55.5. The topological polar surface area (TPSA) is 174 Å². The summed E-state index contributed by atoms with van der Waals surface area (Å²) in [5.74, 6) is -4.44. The van der Waals surface area contributed by atoms with Crippen LogP contribution in [0.1, 0.15) is 6.42 Å². The number of aliphatic hydroxyl groups is 5. The summed E-state index contributed by atoms with van der Waals surface area (Å²) in [6, 6.07) is -1.21. The first kappa shape index (κ1) is 15.2. The normalized spacial score (nSPS) is 40.2. The van der Waals surface area contributed by atoms with Crippen LogP contribution in [-0.2, 0) is 9.53 Å². The lowest BCUT2D eigenvalue weighted by Gasteiger charge is -2.43. The lowest BCUT2D eigenvalue weighted by atomic mass is 9.89. The lowest BCUT2D eigenvalue weighted by molar-refractivity contribution is -0.292. The van der Waals surface area contributed by atoms with Crippen molar-refractivity contribution in [3.8, 4) is 0 Å². The fourth-order valence-electron chi connectivity index (χ4n) is 1.75. The van der Waals surface area contributed by atoms with Gasteiger partial charge in [0.2, 0.25) is 0 Å². The van der Waals surface area contributed by atoms with Crippen LogP contribution in [0.5, 0.6) is 0 Å². The molecule has 1 aliphatic rings. The number of aliphatic carboxylic acids is 1. The zero-order chi connectivity index (χ0) is 14.1. The van der Waals surface area contributed by atoms with E-state index in [2.05, 4.69) is 0 Å². The van der Waals surface area contributed by atoms with Crippen LogP contribution in [0.3, 0.4) is 0 Å². The minimum Gasteiger partial charge on any atom is -0.477 e. The second kappa shape index (κ2) is 5.45. The summed E-state index contributed by atoms with van der Waals surface area (Å²) >= 11 is 0. The summed E-state index contributed by atoms with van der Waals surface area (Å²) in [6.45, 7) is -0.810. The number of carboxylic acid groups (broad SMARTS) is 1. The van der Waals surface area contributed by atoms with Crippen molar-refractivity contribution in [2.24, 2.45) is 5.73 Å². The van der Waals surface area contributed by atoms with Crippen molar-refractivity contribution in [2.75, 3.05) is 6.61 Å². The molecule has 9 heteroatoms. The second-order valence-corrected chi connectivity index (χ2v) is 4.26. The summed E-state index contributed by atoms with van der Waals surface area (Å²) in [4.78, 5) is 10.8. The van der Waals surface area contributed by atoms with E-state index >= 15 is 0 Å². The number of ether oxygens (including phenoxy) is 1. The van der Waals surface area contributed by atoms with Crippen LogP contribution in [0.15, 0.2) is 0 Å².